The number of nitrogens with one attached hydrogen (secondary N) is 1. The average Bonchev–Trinajstić information content (AvgIpc) is 3.29. The van der Waals surface area contributed by atoms with Gasteiger partial charge in [0.25, 0.3) is 0 Å². The summed E-state index contributed by atoms with van der Waals surface area (Å²) in [4.78, 5) is 2.56. The van der Waals surface area contributed by atoms with Crippen molar-refractivity contribution in [3.05, 3.63) is 28.2 Å². The van der Waals surface area contributed by atoms with Crippen molar-refractivity contribution in [1.82, 2.24) is 5.32 Å². The molecule has 1 N–H and O–H groups in total. The Morgan fingerprint density at radius 3 is 2.85 bits per heavy atom. The van der Waals surface area contributed by atoms with Gasteiger partial charge in [0.15, 0.2) is 0 Å². The van der Waals surface area contributed by atoms with Crippen molar-refractivity contribution in [2.45, 2.75) is 51.6 Å². The van der Waals surface area contributed by atoms with Gasteiger partial charge in [-0.05, 0) is 65.2 Å². The third-order valence-corrected chi connectivity index (χ3v) is 5.26. The van der Waals surface area contributed by atoms with Crippen LogP contribution in [0.15, 0.2) is 22.7 Å². The zero-order chi connectivity index (χ0) is 13.9. The lowest BCUT2D eigenvalue weighted by Crippen LogP contribution is -2.35. The number of rotatable bonds is 5. The van der Waals surface area contributed by atoms with Gasteiger partial charge in [0.1, 0.15) is 0 Å². The number of piperidine rings is 1. The summed E-state index contributed by atoms with van der Waals surface area (Å²) in [6.07, 6.45) is 6.73. The topological polar surface area (TPSA) is 15.3 Å². The van der Waals surface area contributed by atoms with Crippen LogP contribution in [0.1, 0.15) is 44.6 Å². The number of anilines is 1. The molecule has 1 heterocycles. The van der Waals surface area contributed by atoms with Crippen molar-refractivity contribution >= 4 is 21.6 Å². The molecule has 1 saturated carbocycles. The van der Waals surface area contributed by atoms with Gasteiger partial charge in [-0.2, -0.15) is 0 Å². The van der Waals surface area contributed by atoms with Crippen LogP contribution in [-0.2, 0) is 6.54 Å². The molecule has 1 aliphatic heterocycles. The molecule has 3 rings (SSSR count). The Kier molecular flexibility index (Phi) is 4.67. The summed E-state index contributed by atoms with van der Waals surface area (Å²) in [5.41, 5.74) is 2.76. The van der Waals surface area contributed by atoms with E-state index < -0.39 is 0 Å². The van der Waals surface area contributed by atoms with Crippen LogP contribution in [0.5, 0.6) is 0 Å². The molecule has 20 heavy (non-hydrogen) atoms. The molecule has 1 aliphatic carbocycles. The minimum absolute atomic E-state index is 0.779. The number of hydrogen-bond donors (Lipinski definition) is 1. The van der Waals surface area contributed by atoms with Crippen LogP contribution in [0.3, 0.4) is 0 Å². The zero-order valence-corrected chi connectivity index (χ0v) is 14.0. The fourth-order valence-electron chi connectivity index (χ4n) is 3.08. The van der Waals surface area contributed by atoms with E-state index >= 15 is 0 Å². The predicted molar refractivity (Wildman–Crippen MR) is 89.2 cm³/mol. The highest BCUT2D eigenvalue weighted by Gasteiger charge is 2.21. The number of halogens is 1. The van der Waals surface area contributed by atoms with E-state index in [1.165, 1.54) is 60.9 Å². The van der Waals surface area contributed by atoms with E-state index in [-0.39, 0.29) is 0 Å². The fraction of sp³-hybridized carbons (Fsp3) is 0.647. The third kappa shape index (κ3) is 3.56. The van der Waals surface area contributed by atoms with Crippen molar-refractivity contribution in [1.29, 1.82) is 0 Å². The van der Waals surface area contributed by atoms with E-state index in [1.807, 2.05) is 0 Å². The normalized spacial score (nSPS) is 23.1. The van der Waals surface area contributed by atoms with Crippen molar-refractivity contribution in [3.8, 4) is 0 Å². The molecule has 0 bridgehead atoms. The Bertz CT molecular complexity index is 456. The van der Waals surface area contributed by atoms with Crippen LogP contribution in [0.4, 0.5) is 5.69 Å². The molecule has 2 nitrogen and oxygen atoms in total. The van der Waals surface area contributed by atoms with E-state index in [0.29, 0.717) is 0 Å². The van der Waals surface area contributed by atoms with E-state index in [9.17, 15) is 0 Å². The second-order valence-corrected chi connectivity index (χ2v) is 7.16. The summed E-state index contributed by atoms with van der Waals surface area (Å²) in [7, 11) is 0. The first-order chi connectivity index (χ1) is 9.76. The van der Waals surface area contributed by atoms with Gasteiger partial charge < -0.3 is 10.2 Å². The first-order valence-electron chi connectivity index (χ1n) is 8.03. The lowest BCUT2D eigenvalue weighted by molar-refractivity contribution is 0.404. The molecule has 0 amide bonds. The Morgan fingerprint density at radius 2 is 2.15 bits per heavy atom. The van der Waals surface area contributed by atoms with Gasteiger partial charge in [0.05, 0.1) is 5.69 Å². The fourth-order valence-corrected chi connectivity index (χ4v) is 3.76. The average molecular weight is 337 g/mol. The predicted octanol–water partition coefficient (Wildman–Crippen LogP) is 4.33. The molecule has 0 aromatic heterocycles. The largest absolute Gasteiger partial charge is 0.370 e. The van der Waals surface area contributed by atoms with Crippen molar-refractivity contribution < 1.29 is 0 Å². The minimum atomic E-state index is 0.779. The van der Waals surface area contributed by atoms with E-state index in [4.69, 9.17) is 0 Å². The van der Waals surface area contributed by atoms with Gasteiger partial charge in [-0.25, -0.2) is 0 Å². The summed E-state index contributed by atoms with van der Waals surface area (Å²) in [5.74, 6) is 0.867. The van der Waals surface area contributed by atoms with Gasteiger partial charge >= 0.3 is 0 Å². The van der Waals surface area contributed by atoms with Crippen LogP contribution in [0.25, 0.3) is 0 Å². The third-order valence-electron chi connectivity index (χ3n) is 4.62. The van der Waals surface area contributed by atoms with Crippen LogP contribution < -0.4 is 10.2 Å². The van der Waals surface area contributed by atoms with Crippen molar-refractivity contribution in [3.63, 3.8) is 0 Å². The number of benzene rings is 1. The SMILES string of the molecule is CCC1CCCN(c2ccc(CNC3CC3)cc2Br)C1. The highest BCUT2D eigenvalue weighted by molar-refractivity contribution is 9.10. The van der Waals surface area contributed by atoms with Gasteiger partial charge in [-0.1, -0.05) is 19.4 Å². The Balaban J connectivity index is 1.66. The van der Waals surface area contributed by atoms with Crippen LogP contribution in [-0.4, -0.2) is 19.1 Å². The molecule has 2 aliphatic rings. The maximum atomic E-state index is 3.78. The Morgan fingerprint density at radius 1 is 1.30 bits per heavy atom. The molecule has 3 heteroatoms. The van der Waals surface area contributed by atoms with E-state index in [0.717, 1.165) is 18.5 Å². The molecule has 1 atom stereocenters. The first-order valence-corrected chi connectivity index (χ1v) is 8.82. The van der Waals surface area contributed by atoms with Crippen molar-refractivity contribution in [2.75, 3.05) is 18.0 Å². The van der Waals surface area contributed by atoms with Gasteiger partial charge in [0.2, 0.25) is 0 Å². The van der Waals surface area contributed by atoms with Gasteiger partial charge in [-0.3, -0.25) is 0 Å². The highest BCUT2D eigenvalue weighted by Crippen LogP contribution is 2.32. The Hall–Kier alpha value is -0.540. The van der Waals surface area contributed by atoms with Crippen LogP contribution in [0.2, 0.25) is 0 Å². The maximum absolute atomic E-state index is 3.78. The highest BCUT2D eigenvalue weighted by atomic mass is 79.9. The second kappa shape index (κ2) is 6.48. The summed E-state index contributed by atoms with van der Waals surface area (Å²) in [5, 5.41) is 3.58. The molecule has 0 spiro atoms. The Labute approximate surface area is 131 Å². The van der Waals surface area contributed by atoms with Crippen LogP contribution in [0, 0.1) is 5.92 Å². The van der Waals surface area contributed by atoms with E-state index in [2.05, 4.69) is 51.3 Å². The van der Waals surface area contributed by atoms with Crippen LogP contribution >= 0.6 is 15.9 Å². The number of nitrogens with zero attached hydrogens (tertiary/aromatic N) is 1. The zero-order valence-electron chi connectivity index (χ0n) is 12.4. The van der Waals surface area contributed by atoms with Crippen molar-refractivity contribution in [2.24, 2.45) is 5.92 Å². The molecular weight excluding hydrogens is 312 g/mol. The van der Waals surface area contributed by atoms with Gasteiger partial charge in [-0.15, -0.1) is 0 Å². The summed E-state index contributed by atoms with van der Waals surface area (Å²) < 4.78 is 1.25. The molecule has 0 radical (unpaired) electrons. The molecule has 110 valence electrons. The summed E-state index contributed by atoms with van der Waals surface area (Å²) in [6.45, 7) is 5.74. The quantitative estimate of drug-likeness (QED) is 0.860. The molecule has 1 saturated heterocycles. The van der Waals surface area contributed by atoms with E-state index in [1.54, 1.807) is 0 Å². The number of hydrogen-bond acceptors (Lipinski definition) is 2. The summed E-state index contributed by atoms with van der Waals surface area (Å²) in [6, 6.07) is 7.65. The standard InChI is InChI=1S/C17H25BrN2/c1-2-13-4-3-9-20(12-13)17-8-5-14(10-16(17)18)11-19-15-6-7-15/h5,8,10,13,15,19H,2-4,6-7,9,11-12H2,1H3. The maximum Gasteiger partial charge on any atom is 0.0510 e. The molecule has 2 fully saturated rings. The minimum Gasteiger partial charge on any atom is -0.370 e. The lowest BCUT2D eigenvalue weighted by atomic mass is 9.95. The molecule has 1 unspecified atom stereocenters. The lowest BCUT2D eigenvalue weighted by Gasteiger charge is -2.34. The monoisotopic (exact) mass is 336 g/mol. The molecular formula is C17H25BrN2. The first kappa shape index (κ1) is 14.4. The molecule has 1 aromatic rings. The molecule has 1 aromatic carbocycles. The summed E-state index contributed by atoms with van der Waals surface area (Å²) >= 11 is 3.78. The smallest absolute Gasteiger partial charge is 0.0510 e. The second-order valence-electron chi connectivity index (χ2n) is 6.30. The van der Waals surface area contributed by atoms with Gasteiger partial charge in [0, 0.05) is 30.1 Å².